The van der Waals surface area contributed by atoms with Crippen LogP contribution < -0.4 is 0 Å². The van der Waals surface area contributed by atoms with Crippen molar-refractivity contribution in [3.63, 3.8) is 0 Å². The van der Waals surface area contributed by atoms with Crippen molar-refractivity contribution in [2.24, 2.45) is 0 Å². The van der Waals surface area contributed by atoms with Crippen molar-refractivity contribution >= 4 is 14.4 Å². The van der Waals surface area contributed by atoms with Crippen LogP contribution in [0.5, 0.6) is 0 Å². The molecule has 0 spiro atoms. The van der Waals surface area contributed by atoms with Crippen molar-refractivity contribution in [1.82, 2.24) is 9.97 Å². The highest BCUT2D eigenvalue weighted by Crippen LogP contribution is 2.36. The Morgan fingerprint density at radius 3 is 2.35 bits per heavy atom. The van der Waals surface area contributed by atoms with Crippen molar-refractivity contribution in [3.05, 3.63) is 30.4 Å². The summed E-state index contributed by atoms with van der Waals surface area (Å²) in [4.78, 5) is 8.24. The zero-order valence-corrected chi connectivity index (χ0v) is 12.4. The minimum absolute atomic E-state index is 0.254. The Bertz CT molecular complexity index is 369. The molecule has 1 aromatic rings. The predicted octanol–water partition coefficient (Wildman–Crippen LogP) is 3.51. The summed E-state index contributed by atoms with van der Waals surface area (Å²) in [5, 5.41) is 0.254. The molecule has 0 saturated carbocycles. The van der Waals surface area contributed by atoms with E-state index in [1.165, 1.54) is 0 Å². The number of aromatic nitrogens is 2. The molecule has 0 amide bonds. The molecule has 3 nitrogen and oxygen atoms in total. The molecule has 1 heterocycles. The maximum absolute atomic E-state index is 6.01. The number of hydrogen-bond acceptors (Lipinski definition) is 3. The molecule has 94 valence electrons. The van der Waals surface area contributed by atoms with Crippen molar-refractivity contribution in [2.45, 2.75) is 38.9 Å². The maximum atomic E-state index is 6.01. The van der Waals surface area contributed by atoms with E-state index < -0.39 is 8.32 Å². The van der Waals surface area contributed by atoms with Gasteiger partial charge in [0.25, 0.3) is 0 Å². The molecule has 4 heteroatoms. The van der Waals surface area contributed by atoms with E-state index in [-0.39, 0.29) is 5.04 Å². The first-order chi connectivity index (χ1) is 7.83. The van der Waals surface area contributed by atoms with Gasteiger partial charge in [-0.05, 0) is 30.3 Å². The van der Waals surface area contributed by atoms with Gasteiger partial charge in [-0.3, -0.25) is 0 Å². The van der Waals surface area contributed by atoms with Crippen LogP contribution in [0.4, 0.5) is 0 Å². The van der Waals surface area contributed by atoms with Crippen LogP contribution in [0.2, 0.25) is 18.1 Å². The number of nitrogens with zero attached hydrogens (tertiary/aromatic N) is 2. The van der Waals surface area contributed by atoms with Gasteiger partial charge in [-0.2, -0.15) is 0 Å². The summed E-state index contributed by atoms with van der Waals surface area (Å²) in [7, 11) is -1.64. The minimum Gasteiger partial charge on any atom is -0.413 e. The highest BCUT2D eigenvalue weighted by molar-refractivity contribution is 6.74. The van der Waals surface area contributed by atoms with E-state index in [4.69, 9.17) is 4.43 Å². The Morgan fingerprint density at radius 1 is 1.24 bits per heavy atom. The first-order valence-electron chi connectivity index (χ1n) is 5.90. The van der Waals surface area contributed by atoms with Gasteiger partial charge in [0.05, 0.1) is 6.61 Å². The van der Waals surface area contributed by atoms with Crippen molar-refractivity contribution < 1.29 is 4.43 Å². The Kier molecular flexibility index (Phi) is 4.59. The summed E-state index contributed by atoms with van der Waals surface area (Å²) >= 11 is 0. The molecule has 0 aliphatic heterocycles. The van der Waals surface area contributed by atoms with E-state index in [1.807, 2.05) is 18.2 Å². The molecular formula is C13H22N2OSi. The Balaban J connectivity index is 2.46. The van der Waals surface area contributed by atoms with Gasteiger partial charge in [0.2, 0.25) is 0 Å². The Hall–Kier alpha value is -1.00. The smallest absolute Gasteiger partial charge is 0.192 e. The van der Waals surface area contributed by atoms with Crippen LogP contribution in [0, 0.1) is 0 Å². The topological polar surface area (TPSA) is 35.0 Å². The molecule has 0 aromatic carbocycles. The second kappa shape index (κ2) is 5.56. The second-order valence-electron chi connectivity index (χ2n) is 5.58. The SMILES string of the molecule is CC(C)(C)[Si](C)(C)OC/C=C\c1ncccn1. The lowest BCUT2D eigenvalue weighted by Crippen LogP contribution is -2.40. The van der Waals surface area contributed by atoms with Crippen LogP contribution >= 0.6 is 0 Å². The summed E-state index contributed by atoms with van der Waals surface area (Å²) in [6, 6.07) is 1.81. The van der Waals surface area contributed by atoms with E-state index in [2.05, 4.69) is 43.8 Å². The summed E-state index contributed by atoms with van der Waals surface area (Å²) in [5.41, 5.74) is 0. The van der Waals surface area contributed by atoms with Crippen LogP contribution in [0.3, 0.4) is 0 Å². The van der Waals surface area contributed by atoms with Crippen LogP contribution in [0.25, 0.3) is 6.08 Å². The molecular weight excluding hydrogens is 228 g/mol. The lowest BCUT2D eigenvalue weighted by molar-refractivity contribution is 0.328. The maximum Gasteiger partial charge on any atom is 0.192 e. The first kappa shape index (κ1) is 14.1. The molecule has 0 saturated heterocycles. The molecule has 0 unspecified atom stereocenters. The zero-order chi connectivity index (χ0) is 12.9. The van der Waals surface area contributed by atoms with Crippen LogP contribution in [0.15, 0.2) is 24.5 Å². The van der Waals surface area contributed by atoms with E-state index in [1.54, 1.807) is 12.4 Å². The van der Waals surface area contributed by atoms with Crippen molar-refractivity contribution in [2.75, 3.05) is 6.61 Å². The Labute approximate surface area is 105 Å². The van der Waals surface area contributed by atoms with E-state index in [9.17, 15) is 0 Å². The lowest BCUT2D eigenvalue weighted by atomic mass is 10.2. The summed E-state index contributed by atoms with van der Waals surface area (Å²) < 4.78 is 6.01. The summed E-state index contributed by atoms with van der Waals surface area (Å²) in [5.74, 6) is 0.728. The third kappa shape index (κ3) is 4.40. The minimum atomic E-state index is -1.64. The van der Waals surface area contributed by atoms with Gasteiger partial charge in [0, 0.05) is 12.4 Å². The molecule has 0 fully saturated rings. The van der Waals surface area contributed by atoms with Gasteiger partial charge < -0.3 is 4.43 Å². The monoisotopic (exact) mass is 250 g/mol. The van der Waals surface area contributed by atoms with Crippen LogP contribution in [0.1, 0.15) is 26.6 Å². The molecule has 0 aliphatic rings. The molecule has 1 aromatic heterocycles. The Morgan fingerprint density at radius 2 is 1.82 bits per heavy atom. The molecule has 1 rings (SSSR count). The lowest BCUT2D eigenvalue weighted by Gasteiger charge is -2.35. The molecule has 0 bridgehead atoms. The van der Waals surface area contributed by atoms with Crippen molar-refractivity contribution in [1.29, 1.82) is 0 Å². The average molecular weight is 250 g/mol. The standard InChI is InChI=1S/C13H22N2OSi/c1-13(2,3)17(4,5)16-11-6-8-12-14-9-7-10-15-12/h6-10H,11H2,1-5H3/b8-6-. The van der Waals surface area contributed by atoms with Gasteiger partial charge in [0.15, 0.2) is 14.1 Å². The van der Waals surface area contributed by atoms with Crippen LogP contribution in [-0.4, -0.2) is 24.9 Å². The fraction of sp³-hybridized carbons (Fsp3) is 0.538. The van der Waals surface area contributed by atoms with Crippen LogP contribution in [-0.2, 0) is 4.43 Å². The van der Waals surface area contributed by atoms with Gasteiger partial charge in [-0.15, -0.1) is 0 Å². The number of rotatable bonds is 4. The first-order valence-corrected chi connectivity index (χ1v) is 8.81. The normalized spacial score (nSPS) is 13.2. The third-order valence-corrected chi connectivity index (χ3v) is 7.70. The van der Waals surface area contributed by atoms with E-state index >= 15 is 0 Å². The fourth-order valence-electron chi connectivity index (χ4n) is 1.02. The van der Waals surface area contributed by atoms with E-state index in [0.29, 0.717) is 6.61 Å². The molecule has 0 aliphatic carbocycles. The van der Waals surface area contributed by atoms with Gasteiger partial charge in [-0.1, -0.05) is 26.8 Å². The van der Waals surface area contributed by atoms with Gasteiger partial charge >= 0.3 is 0 Å². The average Bonchev–Trinajstić information content (AvgIpc) is 2.24. The van der Waals surface area contributed by atoms with E-state index in [0.717, 1.165) is 5.82 Å². The van der Waals surface area contributed by atoms with Crippen molar-refractivity contribution in [3.8, 4) is 0 Å². The van der Waals surface area contributed by atoms with Gasteiger partial charge in [-0.25, -0.2) is 9.97 Å². The highest BCUT2D eigenvalue weighted by Gasteiger charge is 2.36. The summed E-state index contributed by atoms with van der Waals surface area (Å²) in [6.07, 6.45) is 7.35. The zero-order valence-electron chi connectivity index (χ0n) is 11.4. The molecule has 17 heavy (non-hydrogen) atoms. The second-order valence-corrected chi connectivity index (χ2v) is 10.4. The third-order valence-electron chi connectivity index (χ3n) is 3.20. The predicted molar refractivity (Wildman–Crippen MR) is 74.2 cm³/mol. The largest absolute Gasteiger partial charge is 0.413 e. The molecule has 0 atom stereocenters. The highest BCUT2D eigenvalue weighted by atomic mass is 28.4. The summed E-state index contributed by atoms with van der Waals surface area (Å²) in [6.45, 7) is 11.9. The number of hydrogen-bond donors (Lipinski definition) is 0. The van der Waals surface area contributed by atoms with Gasteiger partial charge in [0.1, 0.15) is 0 Å². The quantitative estimate of drug-likeness (QED) is 0.767. The molecule has 0 N–H and O–H groups in total. The fourth-order valence-corrected chi connectivity index (χ4v) is 1.97. The molecule has 0 radical (unpaired) electrons.